The number of hydrogen-bond acceptors (Lipinski definition) is 4. The van der Waals surface area contributed by atoms with E-state index in [2.05, 4.69) is 0 Å². The van der Waals surface area contributed by atoms with E-state index >= 15 is 0 Å². The Morgan fingerprint density at radius 1 is 1.30 bits per heavy atom. The first kappa shape index (κ1) is 16.7. The van der Waals surface area contributed by atoms with Gasteiger partial charge >= 0.3 is 6.18 Å². The normalized spacial score (nSPS) is 12.7. The van der Waals surface area contributed by atoms with Crippen molar-refractivity contribution in [1.29, 1.82) is 0 Å². The summed E-state index contributed by atoms with van der Waals surface area (Å²) in [7, 11) is -3.19. The number of benzene rings is 1. The van der Waals surface area contributed by atoms with Gasteiger partial charge in [0.15, 0.2) is 0 Å². The van der Waals surface area contributed by atoms with Gasteiger partial charge in [-0.25, -0.2) is 8.42 Å². The van der Waals surface area contributed by atoms with Gasteiger partial charge < -0.3 is 9.84 Å². The zero-order chi connectivity index (χ0) is 15.4. The smallest absolute Gasteiger partial charge is 0.402 e. The molecule has 0 aliphatic carbocycles. The number of hydrogen-bond donors (Lipinski definition) is 1. The summed E-state index contributed by atoms with van der Waals surface area (Å²) in [6, 6.07) is 5.35. The molecule has 0 spiro atoms. The fourth-order valence-electron chi connectivity index (χ4n) is 1.57. The molecule has 0 aliphatic rings. The summed E-state index contributed by atoms with van der Waals surface area (Å²) in [6.45, 7) is -3.04. The average molecular weight is 313 g/mol. The molecule has 9 heteroatoms. The number of aliphatic hydroxyl groups is 1. The van der Waals surface area contributed by atoms with E-state index in [1.54, 1.807) is 0 Å². The molecule has 5 nitrogen and oxygen atoms in total. The van der Waals surface area contributed by atoms with Crippen LogP contribution < -0.4 is 4.74 Å². The van der Waals surface area contributed by atoms with E-state index in [-0.39, 0.29) is 15.0 Å². The van der Waals surface area contributed by atoms with E-state index in [0.29, 0.717) is 0 Å². The Morgan fingerprint density at radius 2 is 1.90 bits per heavy atom. The molecule has 0 aromatic heterocycles. The number of ether oxygens (including phenoxy) is 1. The predicted octanol–water partition coefficient (Wildman–Crippen LogP) is 1.24. The van der Waals surface area contributed by atoms with Crippen LogP contribution in [0.15, 0.2) is 29.2 Å². The minimum Gasteiger partial charge on any atom is -0.495 e. The van der Waals surface area contributed by atoms with Crippen molar-refractivity contribution in [2.75, 3.05) is 26.8 Å². The van der Waals surface area contributed by atoms with Crippen molar-refractivity contribution in [1.82, 2.24) is 4.31 Å². The van der Waals surface area contributed by atoms with Gasteiger partial charge in [0.25, 0.3) is 0 Å². The molecule has 0 bridgehead atoms. The number of aliphatic hydroxyl groups excluding tert-OH is 1. The molecule has 0 unspecified atom stereocenters. The Balaban J connectivity index is 3.22. The van der Waals surface area contributed by atoms with E-state index < -0.39 is 35.9 Å². The van der Waals surface area contributed by atoms with Crippen molar-refractivity contribution in [3.8, 4) is 5.75 Å². The van der Waals surface area contributed by atoms with Gasteiger partial charge in [0, 0.05) is 6.54 Å². The van der Waals surface area contributed by atoms with Crippen LogP contribution in [-0.4, -0.2) is 50.8 Å². The van der Waals surface area contributed by atoms with Gasteiger partial charge in [0.2, 0.25) is 10.0 Å². The second-order valence-electron chi connectivity index (χ2n) is 3.83. The third-order valence-electron chi connectivity index (χ3n) is 2.39. The van der Waals surface area contributed by atoms with Gasteiger partial charge in [-0.05, 0) is 12.1 Å². The molecule has 0 heterocycles. The number of sulfonamides is 1. The van der Waals surface area contributed by atoms with Crippen LogP contribution >= 0.6 is 0 Å². The minimum atomic E-state index is -4.70. The minimum absolute atomic E-state index is 0.0578. The molecule has 1 aromatic rings. The molecule has 114 valence electrons. The maximum absolute atomic E-state index is 12.4. The number of nitrogens with zero attached hydrogens (tertiary/aromatic N) is 1. The molecule has 1 aromatic carbocycles. The Labute approximate surface area is 114 Å². The largest absolute Gasteiger partial charge is 0.495 e. The molecule has 1 rings (SSSR count). The summed E-state index contributed by atoms with van der Waals surface area (Å²) in [6.07, 6.45) is -4.70. The highest BCUT2D eigenvalue weighted by Crippen LogP contribution is 2.28. The second kappa shape index (κ2) is 6.42. The van der Waals surface area contributed by atoms with Crippen LogP contribution in [-0.2, 0) is 10.0 Å². The maximum atomic E-state index is 12.4. The van der Waals surface area contributed by atoms with Crippen molar-refractivity contribution in [3.63, 3.8) is 0 Å². The number of rotatable bonds is 6. The number of alkyl halides is 3. The Bertz CT molecular complexity index is 545. The lowest BCUT2D eigenvalue weighted by molar-refractivity contribution is -0.136. The van der Waals surface area contributed by atoms with E-state index in [1.165, 1.54) is 25.3 Å². The SMILES string of the molecule is COc1ccccc1S(=O)(=O)N(CCO)CC(F)(F)F. The monoisotopic (exact) mass is 313 g/mol. The zero-order valence-electron chi connectivity index (χ0n) is 10.6. The van der Waals surface area contributed by atoms with Crippen molar-refractivity contribution in [2.24, 2.45) is 0 Å². The van der Waals surface area contributed by atoms with Crippen LogP contribution in [0.4, 0.5) is 13.2 Å². The third kappa shape index (κ3) is 4.09. The second-order valence-corrected chi connectivity index (χ2v) is 5.73. The summed E-state index contributed by atoms with van der Waals surface area (Å²) in [5.74, 6) is -0.0578. The topological polar surface area (TPSA) is 66.8 Å². The lowest BCUT2D eigenvalue weighted by atomic mass is 10.3. The molecule has 0 saturated carbocycles. The van der Waals surface area contributed by atoms with Crippen LogP contribution in [0.3, 0.4) is 0 Å². The van der Waals surface area contributed by atoms with Crippen molar-refractivity contribution in [2.45, 2.75) is 11.1 Å². The van der Waals surface area contributed by atoms with Crippen molar-refractivity contribution < 1.29 is 31.4 Å². The van der Waals surface area contributed by atoms with Crippen LogP contribution in [0.2, 0.25) is 0 Å². The van der Waals surface area contributed by atoms with Crippen LogP contribution in [0, 0.1) is 0 Å². The summed E-state index contributed by atoms with van der Waals surface area (Å²) in [5, 5.41) is 8.77. The van der Waals surface area contributed by atoms with Crippen LogP contribution in [0.1, 0.15) is 0 Å². The van der Waals surface area contributed by atoms with E-state index in [9.17, 15) is 21.6 Å². The quantitative estimate of drug-likeness (QED) is 0.858. The highest BCUT2D eigenvalue weighted by Gasteiger charge is 2.37. The van der Waals surface area contributed by atoms with Gasteiger partial charge in [-0.3, -0.25) is 0 Å². The lowest BCUT2D eigenvalue weighted by Gasteiger charge is -2.23. The number of methoxy groups -OCH3 is 1. The van der Waals surface area contributed by atoms with E-state index in [4.69, 9.17) is 9.84 Å². The van der Waals surface area contributed by atoms with Crippen LogP contribution in [0.25, 0.3) is 0 Å². The summed E-state index contributed by atoms with van der Waals surface area (Å²) in [5.41, 5.74) is 0. The molecule has 1 N–H and O–H groups in total. The molecule has 0 fully saturated rings. The summed E-state index contributed by atoms with van der Waals surface area (Å²) >= 11 is 0. The van der Waals surface area contributed by atoms with E-state index in [0.717, 1.165) is 6.07 Å². The van der Waals surface area contributed by atoms with Crippen molar-refractivity contribution in [3.05, 3.63) is 24.3 Å². The molecular weight excluding hydrogens is 299 g/mol. The van der Waals surface area contributed by atoms with Gasteiger partial charge in [0.05, 0.1) is 13.7 Å². The predicted molar refractivity (Wildman–Crippen MR) is 64.9 cm³/mol. The molecule has 0 atom stereocenters. The van der Waals surface area contributed by atoms with Gasteiger partial charge in [-0.15, -0.1) is 0 Å². The maximum Gasteiger partial charge on any atom is 0.402 e. The first-order chi connectivity index (χ1) is 9.22. The summed E-state index contributed by atoms with van der Waals surface area (Å²) < 4.78 is 66.8. The molecule has 20 heavy (non-hydrogen) atoms. The average Bonchev–Trinajstić information content (AvgIpc) is 2.36. The van der Waals surface area contributed by atoms with Gasteiger partial charge in [-0.1, -0.05) is 12.1 Å². The summed E-state index contributed by atoms with van der Waals surface area (Å²) in [4.78, 5) is -0.375. The highest BCUT2D eigenvalue weighted by atomic mass is 32.2. The first-order valence-corrected chi connectivity index (χ1v) is 6.97. The molecule has 0 saturated heterocycles. The number of halogens is 3. The third-order valence-corrected chi connectivity index (χ3v) is 4.28. The Kier molecular flexibility index (Phi) is 5.37. The molecule has 0 radical (unpaired) electrons. The van der Waals surface area contributed by atoms with E-state index in [1.807, 2.05) is 0 Å². The number of para-hydroxylation sites is 1. The van der Waals surface area contributed by atoms with Crippen LogP contribution in [0.5, 0.6) is 5.75 Å². The molecule has 0 aliphatic heterocycles. The van der Waals surface area contributed by atoms with Gasteiger partial charge in [0.1, 0.15) is 17.2 Å². The standard InChI is InChI=1S/C11H14F3NO4S/c1-19-9-4-2-3-5-10(9)20(17,18)15(6-7-16)8-11(12,13)14/h2-5,16H,6-8H2,1H3. The fraction of sp³-hybridized carbons (Fsp3) is 0.455. The van der Waals surface area contributed by atoms with Gasteiger partial charge in [-0.2, -0.15) is 17.5 Å². The Morgan fingerprint density at radius 3 is 2.40 bits per heavy atom. The van der Waals surface area contributed by atoms with Crippen molar-refractivity contribution >= 4 is 10.0 Å². The molecular formula is C11H14F3NO4S. The Hall–Kier alpha value is -1.32. The first-order valence-electron chi connectivity index (χ1n) is 5.53. The lowest BCUT2D eigenvalue weighted by Crippen LogP contribution is -2.40. The zero-order valence-corrected chi connectivity index (χ0v) is 11.4. The highest BCUT2D eigenvalue weighted by molar-refractivity contribution is 7.89. The fourth-order valence-corrected chi connectivity index (χ4v) is 3.14. The molecule has 0 amide bonds.